The van der Waals surface area contributed by atoms with Crippen molar-refractivity contribution in [1.82, 2.24) is 9.88 Å². The number of hydrogen-bond donors (Lipinski definition) is 0. The highest BCUT2D eigenvalue weighted by Crippen LogP contribution is 2.33. The van der Waals surface area contributed by atoms with Gasteiger partial charge < -0.3 is 0 Å². The monoisotopic (exact) mass is 446 g/mol. The molecule has 3 aromatic rings. The van der Waals surface area contributed by atoms with Crippen LogP contribution in [0.3, 0.4) is 0 Å². The van der Waals surface area contributed by atoms with Crippen molar-refractivity contribution < 1.29 is 22.8 Å². The molecule has 0 unspecified atom stereocenters. The second-order valence-electron chi connectivity index (χ2n) is 7.45. The summed E-state index contributed by atoms with van der Waals surface area (Å²) in [4.78, 5) is 31.6. The first-order chi connectivity index (χ1) is 15.7. The zero-order valence-corrected chi connectivity index (χ0v) is 17.5. The molecule has 0 spiro atoms. The van der Waals surface area contributed by atoms with Crippen molar-refractivity contribution in [3.8, 4) is 11.8 Å². The van der Waals surface area contributed by atoms with Crippen LogP contribution >= 0.6 is 0 Å². The van der Waals surface area contributed by atoms with Gasteiger partial charge in [0.05, 0.1) is 17.7 Å². The molecule has 0 fully saturated rings. The number of carbonyl (C=O) groups excluding carboxylic acids is 2. The number of aromatic nitrogens is 1. The van der Waals surface area contributed by atoms with E-state index < -0.39 is 23.6 Å². The quantitative estimate of drug-likeness (QED) is 0.430. The molecule has 7 heteroatoms. The number of halogens is 3. The average molecular weight is 446 g/mol. The van der Waals surface area contributed by atoms with Gasteiger partial charge in [0.1, 0.15) is 5.57 Å². The fourth-order valence-corrected chi connectivity index (χ4v) is 3.36. The first kappa shape index (κ1) is 22.0. The van der Waals surface area contributed by atoms with E-state index in [1.807, 2.05) is 13.0 Å². The van der Waals surface area contributed by atoms with Crippen LogP contribution in [0.25, 0.3) is 5.57 Å². The van der Waals surface area contributed by atoms with Gasteiger partial charge in [0.2, 0.25) is 0 Å². The molecule has 0 bridgehead atoms. The van der Waals surface area contributed by atoms with Gasteiger partial charge in [0, 0.05) is 17.5 Å². The summed E-state index contributed by atoms with van der Waals surface area (Å²) < 4.78 is 39.0. The average Bonchev–Trinajstić information content (AvgIpc) is 3.03. The van der Waals surface area contributed by atoms with Crippen LogP contribution in [0, 0.1) is 18.8 Å². The minimum atomic E-state index is -4.51. The van der Waals surface area contributed by atoms with Crippen LogP contribution in [0.2, 0.25) is 0 Å². The first-order valence-corrected chi connectivity index (χ1v) is 10.0. The third kappa shape index (κ3) is 4.70. The van der Waals surface area contributed by atoms with Gasteiger partial charge in [-0.15, -0.1) is 0 Å². The molecule has 2 amide bonds. The van der Waals surface area contributed by atoms with Gasteiger partial charge in [0.15, 0.2) is 0 Å². The summed E-state index contributed by atoms with van der Waals surface area (Å²) in [6.45, 7) is 1.79. The maximum atomic E-state index is 13.2. The minimum Gasteiger partial charge on any atom is -0.269 e. The van der Waals surface area contributed by atoms with Gasteiger partial charge in [-0.3, -0.25) is 19.5 Å². The summed E-state index contributed by atoms with van der Waals surface area (Å²) in [5, 5.41) is 0. The fourth-order valence-electron chi connectivity index (χ4n) is 3.36. The Hall–Kier alpha value is -4.18. The van der Waals surface area contributed by atoms with Crippen LogP contribution in [0.1, 0.15) is 27.9 Å². The summed E-state index contributed by atoms with van der Waals surface area (Å²) in [6, 6.07) is 16.6. The number of rotatable bonds is 3. The zero-order valence-electron chi connectivity index (χ0n) is 17.5. The summed E-state index contributed by atoms with van der Waals surface area (Å²) in [5.74, 6) is 4.43. The van der Waals surface area contributed by atoms with Gasteiger partial charge in [-0.25, -0.2) is 0 Å². The van der Waals surface area contributed by atoms with E-state index in [1.54, 1.807) is 42.6 Å². The zero-order chi connectivity index (χ0) is 23.6. The number of amides is 2. The Morgan fingerprint density at radius 1 is 0.879 bits per heavy atom. The lowest BCUT2D eigenvalue weighted by Gasteiger charge is -2.15. The molecular formula is C26H17F3N2O2. The van der Waals surface area contributed by atoms with Crippen LogP contribution in [-0.2, 0) is 22.3 Å². The molecule has 1 aromatic heterocycles. The van der Waals surface area contributed by atoms with Crippen molar-refractivity contribution in [3.05, 3.63) is 106 Å². The number of alkyl halides is 3. The third-order valence-corrected chi connectivity index (χ3v) is 5.09. The van der Waals surface area contributed by atoms with Crippen molar-refractivity contribution in [2.75, 3.05) is 0 Å². The first-order valence-electron chi connectivity index (χ1n) is 10.0. The molecule has 0 radical (unpaired) electrons. The number of aryl methyl sites for hydroxylation is 1. The number of benzene rings is 2. The Morgan fingerprint density at radius 3 is 2.18 bits per heavy atom. The minimum absolute atomic E-state index is 0.0165. The number of imide groups is 1. The van der Waals surface area contributed by atoms with Gasteiger partial charge in [-0.1, -0.05) is 48.2 Å². The summed E-state index contributed by atoms with van der Waals surface area (Å²) >= 11 is 0. The molecule has 2 heterocycles. The normalized spacial score (nSPS) is 13.9. The summed E-state index contributed by atoms with van der Waals surface area (Å²) in [5.41, 5.74) is 1.35. The highest BCUT2D eigenvalue weighted by atomic mass is 19.4. The maximum absolute atomic E-state index is 13.2. The SMILES string of the molecule is Cc1ccc(CN2C(=O)C(C#Cc3ccccc3)=C(c3ccc(C(F)(F)F)cc3)C2=O)cn1. The molecule has 0 aliphatic carbocycles. The largest absolute Gasteiger partial charge is 0.416 e. The van der Waals surface area contributed by atoms with E-state index in [0.29, 0.717) is 11.1 Å². The Morgan fingerprint density at radius 2 is 1.58 bits per heavy atom. The number of nitrogens with zero attached hydrogens (tertiary/aromatic N) is 2. The van der Waals surface area contributed by atoms with Gasteiger partial charge in [-0.05, 0) is 48.4 Å². The van der Waals surface area contributed by atoms with E-state index in [4.69, 9.17) is 0 Å². The van der Waals surface area contributed by atoms with Crippen LogP contribution < -0.4 is 0 Å². The smallest absolute Gasteiger partial charge is 0.269 e. The molecule has 2 aromatic carbocycles. The van der Waals surface area contributed by atoms with E-state index in [-0.39, 0.29) is 23.3 Å². The number of pyridine rings is 1. The molecule has 1 aliphatic rings. The molecule has 33 heavy (non-hydrogen) atoms. The van der Waals surface area contributed by atoms with E-state index in [0.717, 1.165) is 22.7 Å². The molecule has 164 valence electrons. The van der Waals surface area contributed by atoms with Crippen LogP contribution in [0.4, 0.5) is 13.2 Å². The Labute approximate surface area is 188 Å². The topological polar surface area (TPSA) is 50.3 Å². The Kier molecular flexibility index (Phi) is 5.84. The summed E-state index contributed by atoms with van der Waals surface area (Å²) in [6.07, 6.45) is -2.94. The second kappa shape index (κ2) is 8.75. The van der Waals surface area contributed by atoms with Gasteiger partial charge in [-0.2, -0.15) is 13.2 Å². The van der Waals surface area contributed by atoms with Crippen LogP contribution in [0.5, 0.6) is 0 Å². The van der Waals surface area contributed by atoms with E-state index in [2.05, 4.69) is 16.8 Å². The lowest BCUT2D eigenvalue weighted by atomic mass is 10.00. The van der Waals surface area contributed by atoms with Crippen LogP contribution in [-0.4, -0.2) is 21.7 Å². The molecule has 0 saturated carbocycles. The molecule has 1 aliphatic heterocycles. The van der Waals surface area contributed by atoms with Crippen molar-refractivity contribution in [2.24, 2.45) is 0 Å². The van der Waals surface area contributed by atoms with Gasteiger partial charge >= 0.3 is 6.18 Å². The van der Waals surface area contributed by atoms with E-state index in [1.165, 1.54) is 12.1 Å². The van der Waals surface area contributed by atoms with Crippen LogP contribution in [0.15, 0.2) is 78.5 Å². The highest BCUT2D eigenvalue weighted by Gasteiger charge is 2.39. The number of hydrogen-bond acceptors (Lipinski definition) is 3. The number of carbonyl (C=O) groups is 2. The van der Waals surface area contributed by atoms with Crippen molar-refractivity contribution in [3.63, 3.8) is 0 Å². The fraction of sp³-hybridized carbons (Fsp3) is 0.115. The van der Waals surface area contributed by atoms with Crippen molar-refractivity contribution in [1.29, 1.82) is 0 Å². The molecule has 4 nitrogen and oxygen atoms in total. The second-order valence-corrected chi connectivity index (χ2v) is 7.45. The predicted octanol–water partition coefficient (Wildman–Crippen LogP) is 4.78. The Bertz CT molecular complexity index is 1300. The standard InChI is InChI=1S/C26H17F3N2O2/c1-17-7-8-19(15-30-17)16-31-24(32)22(14-9-18-5-3-2-4-6-18)23(25(31)33)20-10-12-21(13-11-20)26(27,28)29/h2-8,10-13,15H,16H2,1H3. The van der Waals surface area contributed by atoms with Gasteiger partial charge in [0.25, 0.3) is 11.8 Å². The predicted molar refractivity (Wildman–Crippen MR) is 116 cm³/mol. The molecule has 4 rings (SSSR count). The third-order valence-electron chi connectivity index (χ3n) is 5.09. The molecular weight excluding hydrogens is 429 g/mol. The van der Waals surface area contributed by atoms with Crippen molar-refractivity contribution in [2.45, 2.75) is 19.6 Å². The Balaban J connectivity index is 1.75. The maximum Gasteiger partial charge on any atom is 0.416 e. The van der Waals surface area contributed by atoms with Crippen molar-refractivity contribution >= 4 is 17.4 Å². The molecule has 0 atom stereocenters. The molecule has 0 N–H and O–H groups in total. The van der Waals surface area contributed by atoms with E-state index >= 15 is 0 Å². The van der Waals surface area contributed by atoms with E-state index in [9.17, 15) is 22.8 Å². The lowest BCUT2D eigenvalue weighted by molar-refractivity contribution is -0.138. The lowest BCUT2D eigenvalue weighted by Crippen LogP contribution is -2.31. The highest BCUT2D eigenvalue weighted by molar-refractivity contribution is 6.37. The molecule has 0 saturated heterocycles. The summed E-state index contributed by atoms with van der Waals surface area (Å²) in [7, 11) is 0.